The van der Waals surface area contributed by atoms with Gasteiger partial charge < -0.3 is 144 Å². The molecule has 6 bridgehead atoms. The van der Waals surface area contributed by atoms with Gasteiger partial charge in [-0.1, -0.05) is 119 Å². The van der Waals surface area contributed by atoms with Crippen LogP contribution in [0, 0.1) is 11.3 Å². The van der Waals surface area contributed by atoms with Gasteiger partial charge in [0.25, 0.3) is 0 Å². The number of carboxylic acid groups (broad SMARTS) is 2. The highest BCUT2D eigenvalue weighted by Crippen LogP contribution is 2.24. The van der Waals surface area contributed by atoms with Gasteiger partial charge in [0, 0.05) is 78.8 Å². The fourth-order valence-corrected chi connectivity index (χ4v) is 18.8. The first-order valence-corrected chi connectivity index (χ1v) is 49.3. The van der Waals surface area contributed by atoms with Crippen LogP contribution in [0.4, 0.5) is 0 Å². The van der Waals surface area contributed by atoms with E-state index in [-0.39, 0.29) is 71.0 Å². The number of fused-ring (bicyclic) bond motifs is 22. The van der Waals surface area contributed by atoms with Crippen molar-refractivity contribution in [1.29, 1.82) is 5.41 Å². The number of thioether (sulfide) groups is 3. The molecule has 5 fully saturated rings. The van der Waals surface area contributed by atoms with Crippen molar-refractivity contribution in [2.45, 2.75) is 230 Å². The Hall–Kier alpha value is -13.8. The predicted molar refractivity (Wildman–Crippen MR) is 514 cm³/mol. The second-order valence-corrected chi connectivity index (χ2v) is 38.8. The number of carboxylic acids is 2. The maximum atomic E-state index is 16.2. The number of hydrogen-bond acceptors (Lipinski definition) is 29. The van der Waals surface area contributed by atoms with Crippen LogP contribution in [0.2, 0.25) is 0 Å². The van der Waals surface area contributed by atoms with Crippen LogP contribution in [0.1, 0.15) is 109 Å². The average molecular weight is 2040 g/mol. The molecule has 3 aromatic carbocycles. The summed E-state index contributed by atoms with van der Waals surface area (Å²) >= 11 is 1.81. The second kappa shape index (κ2) is 56.0. The van der Waals surface area contributed by atoms with Crippen LogP contribution in [0.25, 0.3) is 0 Å². The molecule has 3 aromatic rings. The number of benzene rings is 3. The lowest BCUT2D eigenvalue weighted by Gasteiger charge is -2.32. The van der Waals surface area contributed by atoms with Crippen molar-refractivity contribution >= 4 is 171 Å². The van der Waals surface area contributed by atoms with Crippen LogP contribution in [0.3, 0.4) is 0 Å². The molecule has 5 aliphatic heterocycles. The highest BCUT2D eigenvalue weighted by atomic mass is 32.2. The van der Waals surface area contributed by atoms with E-state index in [2.05, 4.69) is 90.4 Å². The summed E-state index contributed by atoms with van der Waals surface area (Å²) in [5.41, 5.74) is 24.6. The zero-order valence-corrected chi connectivity index (χ0v) is 80.8. The Morgan fingerprint density at radius 3 is 1.47 bits per heavy atom. The van der Waals surface area contributed by atoms with Crippen LogP contribution < -0.4 is 124 Å². The molecule has 5 heterocycles. The van der Waals surface area contributed by atoms with Gasteiger partial charge in [0.1, 0.15) is 96.7 Å². The molecule has 53 heteroatoms. The van der Waals surface area contributed by atoms with E-state index in [1.165, 1.54) is 32.6 Å². The minimum Gasteiger partial charge on any atom is -0.480 e. The minimum absolute atomic E-state index is 0.0274. The summed E-state index contributed by atoms with van der Waals surface area (Å²) in [4.78, 5) is 327. The highest BCUT2D eigenvalue weighted by Gasteiger charge is 2.45. The maximum absolute atomic E-state index is 16.2. The normalized spacial score (nSPS) is 28.0. The van der Waals surface area contributed by atoms with Crippen molar-refractivity contribution in [2.75, 3.05) is 62.3 Å². The lowest BCUT2D eigenvalue weighted by atomic mass is 10.00. The Labute approximate surface area is 828 Å². The summed E-state index contributed by atoms with van der Waals surface area (Å²) in [7, 11) is 0. The zero-order chi connectivity index (χ0) is 104. The molecule has 0 aromatic heterocycles. The molecule has 20 atom stereocenters. The van der Waals surface area contributed by atoms with E-state index in [9.17, 15) is 68.1 Å². The van der Waals surface area contributed by atoms with Gasteiger partial charge in [0.15, 0.2) is 12.1 Å². The number of carbonyl (C=O) groups excluding carboxylic acids is 20. The van der Waals surface area contributed by atoms with E-state index in [0.717, 1.165) is 0 Å². The number of nitrogens with two attached hydrogens (primary N) is 4. The van der Waals surface area contributed by atoms with Crippen LogP contribution in [-0.2, 0) is 125 Å². The molecule has 0 aliphatic carbocycles. The largest absolute Gasteiger partial charge is 0.480 e. The topological polar surface area (TPSA) is 796 Å². The second-order valence-electron chi connectivity index (χ2n) is 34.9. The number of hydrogen-bond donors (Lipinski definition) is 27. The van der Waals surface area contributed by atoms with Gasteiger partial charge in [-0.2, -0.15) is 35.3 Å². The molecule has 8 rings (SSSR count). The standard InChI is InChI=1S/C89H125N25O25S3/c1-43(2)66-84(133)109-59-41-140-40-58-79(128)108-60-42-142-45(4)68(86(135)105-55(75(124)110-66)34-48-22-12-7-13-23-48)111-76(125)54(33-47-20-10-6-11-21-47)104-82(131)61-26-17-31-114(61)65(118)38-98-72(121)53(32-46-18-8-5-9-19-46)103-78(127)57(106-80(60)129)36-95-29-15-14-24-52(87(136)137)102-85(134)67(112-77(126)56(35-63(92)116)99-64(117)37-97-83(132)69(113-81(59)130)70(119)88(138)139)44(3)141-39-49(90)71(120)100-50(25-16-30-96-89(93)94)73(122)101-51(74(123)107-58)27-28-62(91)115/h5-13,18-23,43-45,49-61,66-70,95,119H,14-17,24-42,90H2,1-4H3,(H2,91,115)(H2,92,116)(H,97,132)(H,98,121)(H,99,117)(H,100,120)(H,101,122)(H,102,134)(H,103,127)(H,104,131)(H,105,135)(H,106,129)(H,107,123)(H,108,128)(H,109,133)(H,110,124)(H,111,125)(H,112,126)(H,113,130)(H,136,137)(H,138,139)(H4,93,94,96)/t44-,45?,49-,50+,51+,52+,53+,54+,55+,56+,57+,58+,59-,60+,61+,66-,67?,68+,69+,70-/m1/s1. The summed E-state index contributed by atoms with van der Waals surface area (Å²) in [5.74, 6) is -33.2. The Kier molecular flexibility index (Phi) is 44.8. The zero-order valence-electron chi connectivity index (χ0n) is 78.4. The van der Waals surface area contributed by atoms with Gasteiger partial charge >= 0.3 is 11.9 Å². The first-order chi connectivity index (χ1) is 67.4. The van der Waals surface area contributed by atoms with Gasteiger partial charge in [-0.25, -0.2) is 9.59 Å². The lowest BCUT2D eigenvalue weighted by Crippen LogP contribution is -2.64. The fourth-order valence-electron chi connectivity index (χ4n) is 15.6. The average Bonchev–Trinajstić information content (AvgIpc) is 1.70. The molecular formula is C89H125N25O25S3. The monoisotopic (exact) mass is 2040 g/mol. The highest BCUT2D eigenvalue weighted by molar-refractivity contribution is 8.00. The number of nitrogens with zero attached hydrogens (tertiary/aromatic N) is 1. The quantitative estimate of drug-likeness (QED) is 0.0229. The van der Waals surface area contributed by atoms with E-state index < -0.39 is 336 Å². The summed E-state index contributed by atoms with van der Waals surface area (Å²) in [5, 5.41) is 85.1. The van der Waals surface area contributed by atoms with Gasteiger partial charge in [0.05, 0.1) is 25.6 Å². The third-order valence-corrected chi connectivity index (χ3v) is 27.3. The van der Waals surface area contributed by atoms with E-state index in [1.807, 2.05) is 10.6 Å². The molecule has 142 heavy (non-hydrogen) atoms. The Morgan fingerprint density at radius 1 is 0.458 bits per heavy atom. The van der Waals surface area contributed by atoms with Crippen molar-refractivity contribution in [3.8, 4) is 0 Å². The molecule has 774 valence electrons. The molecule has 50 nitrogen and oxygen atoms in total. The van der Waals surface area contributed by atoms with E-state index in [0.29, 0.717) is 52.0 Å². The third kappa shape index (κ3) is 35.8. The van der Waals surface area contributed by atoms with E-state index in [4.69, 9.17) is 28.3 Å². The Bertz CT molecular complexity index is 5060. The molecule has 5 saturated heterocycles. The predicted octanol–water partition coefficient (Wildman–Crippen LogP) is -10.1. The Morgan fingerprint density at radius 2 is 0.915 bits per heavy atom. The molecule has 20 amide bonds. The molecule has 2 unspecified atom stereocenters. The summed E-state index contributed by atoms with van der Waals surface area (Å²) in [6.45, 7) is 2.41. The number of aliphatic carboxylic acids is 2. The first-order valence-electron chi connectivity index (χ1n) is 46.0. The van der Waals surface area contributed by atoms with Gasteiger partial charge in [0.2, 0.25) is 118 Å². The number of primary amides is 2. The van der Waals surface area contributed by atoms with Crippen LogP contribution >= 0.6 is 35.3 Å². The number of guanidine groups is 1. The number of carbonyl (C=O) groups is 22. The first kappa shape index (κ1) is 113. The smallest absolute Gasteiger partial charge is 0.335 e. The summed E-state index contributed by atoms with van der Waals surface area (Å²) in [6, 6.07) is -8.41. The molecule has 0 saturated carbocycles. The van der Waals surface area contributed by atoms with Crippen molar-refractivity contribution in [3.05, 3.63) is 108 Å². The number of nitrogens with one attached hydrogen (secondary N) is 20. The number of rotatable bonds is 19. The number of amides is 20. The minimum atomic E-state index is -2.99. The molecule has 5 aliphatic rings. The molecule has 0 radical (unpaired) electrons. The fraction of sp³-hybridized carbons (Fsp3) is 0.539. The van der Waals surface area contributed by atoms with Crippen LogP contribution in [0.5, 0.6) is 0 Å². The molecular weight excluding hydrogens is 1920 g/mol. The molecule has 31 N–H and O–H groups in total. The van der Waals surface area contributed by atoms with Gasteiger partial charge in [-0.3, -0.25) is 101 Å². The van der Waals surface area contributed by atoms with Gasteiger partial charge in [-0.15, -0.1) is 0 Å². The molecule has 0 spiro atoms. The van der Waals surface area contributed by atoms with E-state index in [1.54, 1.807) is 91.0 Å². The Balaban J connectivity index is 1.43. The van der Waals surface area contributed by atoms with Crippen LogP contribution in [0.15, 0.2) is 91.0 Å². The summed E-state index contributed by atoms with van der Waals surface area (Å²) < 4.78 is 0. The number of aliphatic hydroxyl groups is 1. The SMILES string of the molecule is CC1SC[C@@H]2NC(=O)[C@@H]3CSC[C@H]4NC(=O)[C@@H](C(C)C)NC(=O)[C@H](Cc5ccccc5)NC(=O)[C@H]1NC(=O)[C@H](Cc1ccccc1)NC(=O)[C@@H]1CCCN1C(=O)CNC(=O)[C@H](Cc1ccccc1)NC(=O)[C@H](CNCCCC[C@@H](C(=O)O)NC(=O)C(NC(=O)[C@H](CC(N)=O)NC(=O)CNC(=O)[C@H]([C@@H](O)C(=O)O)NC4=O)[C@@H](C)SC[C@@H](N)C(=O)N[C@@H](CCCNC(=N)N)C(=O)N[C@@H](CCC(N)=O)C(=O)N3)NC2=O. The van der Waals surface area contributed by atoms with E-state index >= 15 is 52.7 Å². The lowest BCUT2D eigenvalue weighted by molar-refractivity contribution is -0.152. The van der Waals surface area contributed by atoms with Gasteiger partial charge in [-0.05, 0) is 80.5 Å². The van der Waals surface area contributed by atoms with Crippen molar-refractivity contribution in [1.82, 2.24) is 106 Å². The van der Waals surface area contributed by atoms with Crippen LogP contribution in [-0.4, -0.2) is 338 Å². The van der Waals surface area contributed by atoms with Crippen molar-refractivity contribution in [2.24, 2.45) is 28.9 Å². The third-order valence-electron chi connectivity index (χ3n) is 23.5. The number of aliphatic hydroxyl groups excluding tert-OH is 1. The summed E-state index contributed by atoms with van der Waals surface area (Å²) in [6.07, 6.45) is -7.39. The maximum Gasteiger partial charge on any atom is 0.335 e. The van der Waals surface area contributed by atoms with Crippen molar-refractivity contribution < 1.29 is 121 Å². The van der Waals surface area contributed by atoms with Crippen molar-refractivity contribution in [3.63, 3.8) is 0 Å².